The maximum absolute atomic E-state index is 12.4. The van der Waals surface area contributed by atoms with Crippen LogP contribution in [0.2, 0.25) is 0 Å². The maximum Gasteiger partial charge on any atom is 0.152 e. The topological polar surface area (TPSA) is 46.3 Å². The number of nitrogens with two attached hydrogens (primary N) is 1. The van der Waals surface area contributed by atoms with Gasteiger partial charge in [-0.25, -0.2) is 0 Å². The molecule has 3 nitrogen and oxygen atoms in total. The molecule has 19 heavy (non-hydrogen) atoms. The number of benzene rings is 1. The number of carbonyl (C=O) groups excluding carboxylic acids is 1. The van der Waals surface area contributed by atoms with Crippen LogP contribution in [-0.2, 0) is 11.2 Å². The second-order valence-corrected chi connectivity index (χ2v) is 5.78. The standard InChI is InChI=1S/C16H26N2O/c1-11(2)16(19)15(18(5)12(3)4)10-13-6-8-14(17)9-7-13/h6-9,11-12,15H,10,17H2,1-5H3. The number of hydrogen-bond acceptors (Lipinski definition) is 3. The van der Waals surface area contributed by atoms with Crippen molar-refractivity contribution in [3.05, 3.63) is 29.8 Å². The summed E-state index contributed by atoms with van der Waals surface area (Å²) in [5.74, 6) is 0.355. The Morgan fingerprint density at radius 1 is 1.16 bits per heavy atom. The van der Waals surface area contributed by atoms with Crippen LogP contribution in [0.1, 0.15) is 33.3 Å². The number of ketones is 1. The monoisotopic (exact) mass is 262 g/mol. The van der Waals surface area contributed by atoms with Gasteiger partial charge in [0.25, 0.3) is 0 Å². The molecule has 0 fully saturated rings. The summed E-state index contributed by atoms with van der Waals surface area (Å²) in [5, 5.41) is 0. The number of Topliss-reactive ketones (excluding diaryl/α,β-unsaturated/α-hetero) is 1. The molecule has 0 aliphatic rings. The van der Waals surface area contributed by atoms with Crippen molar-refractivity contribution >= 4 is 11.5 Å². The number of nitrogen functional groups attached to an aromatic ring is 1. The average Bonchev–Trinajstić information content (AvgIpc) is 2.36. The van der Waals surface area contributed by atoms with Crippen molar-refractivity contribution in [2.45, 2.75) is 46.2 Å². The van der Waals surface area contributed by atoms with Crippen LogP contribution in [0.3, 0.4) is 0 Å². The van der Waals surface area contributed by atoms with Crippen molar-refractivity contribution < 1.29 is 4.79 Å². The molecule has 1 unspecified atom stereocenters. The smallest absolute Gasteiger partial charge is 0.152 e. The molecule has 0 saturated heterocycles. The van der Waals surface area contributed by atoms with E-state index < -0.39 is 0 Å². The molecule has 1 aromatic rings. The van der Waals surface area contributed by atoms with Gasteiger partial charge in [0.15, 0.2) is 5.78 Å². The molecule has 2 N–H and O–H groups in total. The number of rotatable bonds is 6. The predicted molar refractivity (Wildman–Crippen MR) is 81.1 cm³/mol. The fourth-order valence-electron chi connectivity index (χ4n) is 2.07. The minimum atomic E-state index is -0.0661. The normalized spacial score (nSPS) is 13.3. The molecule has 0 spiro atoms. The molecule has 0 aromatic heterocycles. The van der Waals surface area contributed by atoms with Gasteiger partial charge in [-0.15, -0.1) is 0 Å². The van der Waals surface area contributed by atoms with Crippen molar-refractivity contribution in [3.63, 3.8) is 0 Å². The van der Waals surface area contributed by atoms with Crippen molar-refractivity contribution in [2.75, 3.05) is 12.8 Å². The summed E-state index contributed by atoms with van der Waals surface area (Å²) in [5.41, 5.74) is 7.61. The molecule has 0 aliphatic carbocycles. The summed E-state index contributed by atoms with van der Waals surface area (Å²) < 4.78 is 0. The van der Waals surface area contributed by atoms with Gasteiger partial charge in [0.2, 0.25) is 0 Å². The molecule has 0 aliphatic heterocycles. The Kier molecular flexibility index (Phi) is 5.55. The highest BCUT2D eigenvalue weighted by atomic mass is 16.1. The van der Waals surface area contributed by atoms with E-state index >= 15 is 0 Å². The first-order chi connectivity index (χ1) is 8.82. The van der Waals surface area contributed by atoms with Crippen LogP contribution in [0, 0.1) is 5.92 Å². The van der Waals surface area contributed by atoms with E-state index in [1.807, 2.05) is 45.2 Å². The van der Waals surface area contributed by atoms with Crippen LogP contribution in [0.5, 0.6) is 0 Å². The summed E-state index contributed by atoms with van der Waals surface area (Å²) in [6.07, 6.45) is 0.742. The lowest BCUT2D eigenvalue weighted by Gasteiger charge is -2.31. The Hall–Kier alpha value is -1.35. The Bertz CT molecular complexity index is 409. The molecular weight excluding hydrogens is 236 g/mol. The van der Waals surface area contributed by atoms with Gasteiger partial charge >= 0.3 is 0 Å². The molecule has 0 saturated carbocycles. The predicted octanol–water partition coefficient (Wildman–Crippen LogP) is 2.75. The quantitative estimate of drug-likeness (QED) is 0.802. The number of likely N-dealkylation sites (N-methyl/N-ethyl adjacent to an activating group) is 1. The molecule has 0 radical (unpaired) electrons. The molecule has 3 heteroatoms. The number of hydrogen-bond donors (Lipinski definition) is 1. The maximum atomic E-state index is 12.4. The third-order valence-corrected chi connectivity index (χ3v) is 3.61. The van der Waals surface area contributed by atoms with Gasteiger partial charge in [-0.3, -0.25) is 9.69 Å². The van der Waals surface area contributed by atoms with Gasteiger partial charge in [0.1, 0.15) is 0 Å². The Labute approximate surface area is 116 Å². The summed E-state index contributed by atoms with van der Waals surface area (Å²) in [4.78, 5) is 14.5. The van der Waals surface area contributed by atoms with Crippen LogP contribution in [0.15, 0.2) is 24.3 Å². The molecule has 0 amide bonds. The molecule has 1 rings (SSSR count). The van der Waals surface area contributed by atoms with Crippen molar-refractivity contribution in [1.29, 1.82) is 0 Å². The van der Waals surface area contributed by atoms with E-state index in [0.717, 1.165) is 17.7 Å². The van der Waals surface area contributed by atoms with E-state index in [-0.39, 0.29) is 12.0 Å². The van der Waals surface area contributed by atoms with Gasteiger partial charge in [-0.2, -0.15) is 0 Å². The highest BCUT2D eigenvalue weighted by molar-refractivity contribution is 5.86. The van der Waals surface area contributed by atoms with Gasteiger partial charge < -0.3 is 5.73 Å². The van der Waals surface area contributed by atoms with Crippen molar-refractivity contribution in [2.24, 2.45) is 5.92 Å². The second-order valence-electron chi connectivity index (χ2n) is 5.78. The number of anilines is 1. The van der Waals surface area contributed by atoms with E-state index in [0.29, 0.717) is 11.8 Å². The van der Waals surface area contributed by atoms with E-state index in [4.69, 9.17) is 5.73 Å². The van der Waals surface area contributed by atoms with Gasteiger partial charge in [-0.1, -0.05) is 26.0 Å². The lowest BCUT2D eigenvalue weighted by atomic mass is 9.94. The molecule has 0 heterocycles. The summed E-state index contributed by atoms with van der Waals surface area (Å²) >= 11 is 0. The Balaban J connectivity index is 2.91. The first-order valence-electron chi connectivity index (χ1n) is 6.93. The second kappa shape index (κ2) is 6.71. The van der Waals surface area contributed by atoms with Crippen LogP contribution < -0.4 is 5.73 Å². The highest BCUT2D eigenvalue weighted by Gasteiger charge is 2.26. The van der Waals surface area contributed by atoms with E-state index in [2.05, 4.69) is 18.7 Å². The minimum absolute atomic E-state index is 0.0555. The summed E-state index contributed by atoms with van der Waals surface area (Å²) in [6, 6.07) is 8.07. The largest absolute Gasteiger partial charge is 0.399 e. The lowest BCUT2D eigenvalue weighted by Crippen LogP contribution is -2.45. The lowest BCUT2D eigenvalue weighted by molar-refractivity contribution is -0.127. The van der Waals surface area contributed by atoms with Crippen LogP contribution in [0.4, 0.5) is 5.69 Å². The Morgan fingerprint density at radius 2 is 1.68 bits per heavy atom. The first kappa shape index (κ1) is 15.7. The zero-order valence-corrected chi connectivity index (χ0v) is 12.7. The zero-order valence-electron chi connectivity index (χ0n) is 12.7. The van der Waals surface area contributed by atoms with Gasteiger partial charge in [-0.05, 0) is 45.0 Å². The van der Waals surface area contributed by atoms with Crippen molar-refractivity contribution in [1.82, 2.24) is 4.90 Å². The Morgan fingerprint density at radius 3 is 2.11 bits per heavy atom. The van der Waals surface area contributed by atoms with Crippen molar-refractivity contribution in [3.8, 4) is 0 Å². The van der Waals surface area contributed by atoms with E-state index in [1.165, 1.54) is 0 Å². The molecule has 106 valence electrons. The highest BCUT2D eigenvalue weighted by Crippen LogP contribution is 2.16. The fraction of sp³-hybridized carbons (Fsp3) is 0.562. The van der Waals surface area contributed by atoms with Crippen LogP contribution in [-0.4, -0.2) is 29.8 Å². The zero-order chi connectivity index (χ0) is 14.6. The minimum Gasteiger partial charge on any atom is -0.399 e. The fourth-order valence-corrected chi connectivity index (χ4v) is 2.07. The van der Waals surface area contributed by atoms with Crippen LogP contribution in [0.25, 0.3) is 0 Å². The number of nitrogens with zero attached hydrogens (tertiary/aromatic N) is 1. The van der Waals surface area contributed by atoms with E-state index in [1.54, 1.807) is 0 Å². The van der Waals surface area contributed by atoms with Gasteiger partial charge in [0, 0.05) is 17.6 Å². The van der Waals surface area contributed by atoms with Crippen LogP contribution >= 0.6 is 0 Å². The summed E-state index contributed by atoms with van der Waals surface area (Å²) in [7, 11) is 2.02. The number of carbonyl (C=O) groups is 1. The summed E-state index contributed by atoms with van der Waals surface area (Å²) in [6.45, 7) is 8.16. The van der Waals surface area contributed by atoms with Gasteiger partial charge in [0.05, 0.1) is 6.04 Å². The molecular formula is C16H26N2O. The first-order valence-corrected chi connectivity index (χ1v) is 6.93. The third-order valence-electron chi connectivity index (χ3n) is 3.61. The average molecular weight is 262 g/mol. The third kappa shape index (κ3) is 4.35. The van der Waals surface area contributed by atoms with E-state index in [9.17, 15) is 4.79 Å². The molecule has 1 atom stereocenters. The molecule has 1 aromatic carbocycles. The molecule has 0 bridgehead atoms. The SMILES string of the molecule is CC(C)C(=O)C(Cc1ccc(N)cc1)N(C)C(C)C.